The molecular formula is C14H19I2NO2. The van der Waals surface area contributed by atoms with Gasteiger partial charge in [-0.2, -0.15) is 0 Å². The molecule has 1 saturated carbocycles. The maximum Gasteiger partial charge on any atom is 0.133 e. The van der Waals surface area contributed by atoms with Gasteiger partial charge in [0.1, 0.15) is 5.75 Å². The molecule has 1 aromatic rings. The van der Waals surface area contributed by atoms with E-state index in [0.29, 0.717) is 5.56 Å². The van der Waals surface area contributed by atoms with Crippen LogP contribution in [0.1, 0.15) is 43.7 Å². The maximum absolute atomic E-state index is 10.5. The van der Waals surface area contributed by atoms with Crippen LogP contribution >= 0.6 is 45.2 Å². The van der Waals surface area contributed by atoms with E-state index in [1.54, 1.807) is 0 Å². The monoisotopic (exact) mass is 487 g/mol. The first kappa shape index (κ1) is 15.8. The molecule has 2 atom stereocenters. The average molecular weight is 487 g/mol. The lowest BCUT2D eigenvalue weighted by atomic mass is 9.81. The predicted molar refractivity (Wildman–Crippen MR) is 93.1 cm³/mol. The van der Waals surface area contributed by atoms with Crippen LogP contribution in [0.2, 0.25) is 0 Å². The lowest BCUT2D eigenvalue weighted by molar-refractivity contribution is 0.0610. The van der Waals surface area contributed by atoms with Crippen LogP contribution in [-0.4, -0.2) is 16.3 Å². The third-order valence-electron chi connectivity index (χ3n) is 3.92. The van der Waals surface area contributed by atoms with E-state index in [1.807, 2.05) is 12.1 Å². The molecule has 0 aromatic heterocycles. The van der Waals surface area contributed by atoms with Crippen molar-refractivity contribution in [3.05, 3.63) is 24.8 Å². The van der Waals surface area contributed by atoms with Crippen molar-refractivity contribution in [1.29, 1.82) is 0 Å². The number of benzene rings is 1. The van der Waals surface area contributed by atoms with Gasteiger partial charge in [0.15, 0.2) is 0 Å². The number of hydrogen-bond donors (Lipinski definition) is 3. The van der Waals surface area contributed by atoms with Gasteiger partial charge in [0.05, 0.1) is 15.7 Å². The third-order valence-corrected chi connectivity index (χ3v) is 5.36. The quantitative estimate of drug-likeness (QED) is 0.572. The Kier molecular flexibility index (Phi) is 5.74. The van der Waals surface area contributed by atoms with Gasteiger partial charge in [0, 0.05) is 9.13 Å². The molecular weight excluding hydrogens is 468 g/mol. The fourth-order valence-electron chi connectivity index (χ4n) is 2.79. The van der Waals surface area contributed by atoms with Crippen LogP contribution in [0.5, 0.6) is 5.75 Å². The van der Waals surface area contributed by atoms with E-state index >= 15 is 0 Å². The molecule has 0 heterocycles. The second-order valence-electron chi connectivity index (χ2n) is 5.24. The number of hydrogen-bond acceptors (Lipinski definition) is 3. The van der Waals surface area contributed by atoms with E-state index in [4.69, 9.17) is 5.73 Å². The fourth-order valence-corrected chi connectivity index (χ4v) is 4.68. The molecule has 0 saturated heterocycles. The maximum atomic E-state index is 10.5. The lowest BCUT2D eigenvalue weighted by Crippen LogP contribution is -2.34. The van der Waals surface area contributed by atoms with E-state index in [1.165, 1.54) is 19.3 Å². The van der Waals surface area contributed by atoms with Gasteiger partial charge in [-0.25, -0.2) is 0 Å². The Bertz CT molecular complexity index is 447. The summed E-state index contributed by atoms with van der Waals surface area (Å²) in [5.41, 5.74) is 6.85. The number of rotatable bonds is 3. The van der Waals surface area contributed by atoms with Gasteiger partial charge in [-0.3, -0.25) is 0 Å². The highest BCUT2D eigenvalue weighted by atomic mass is 127. The molecule has 0 amide bonds. The molecule has 1 aromatic carbocycles. The predicted octanol–water partition coefficient (Wildman–Crippen LogP) is 3.54. The van der Waals surface area contributed by atoms with Crippen LogP contribution in [0.15, 0.2) is 12.1 Å². The van der Waals surface area contributed by atoms with Crippen LogP contribution in [0.4, 0.5) is 0 Å². The van der Waals surface area contributed by atoms with Gasteiger partial charge < -0.3 is 15.9 Å². The molecule has 5 heteroatoms. The van der Waals surface area contributed by atoms with Crippen LogP contribution in [-0.2, 0) is 0 Å². The summed E-state index contributed by atoms with van der Waals surface area (Å²) in [6, 6.07) is 3.26. The Morgan fingerprint density at radius 1 is 1.16 bits per heavy atom. The van der Waals surface area contributed by atoms with E-state index in [9.17, 15) is 10.2 Å². The van der Waals surface area contributed by atoms with Crippen molar-refractivity contribution in [1.82, 2.24) is 0 Å². The van der Waals surface area contributed by atoms with Gasteiger partial charge in [0.2, 0.25) is 0 Å². The van der Waals surface area contributed by atoms with Crippen LogP contribution in [0.3, 0.4) is 0 Å². The lowest BCUT2D eigenvalue weighted by Gasteiger charge is -2.31. The van der Waals surface area contributed by atoms with Gasteiger partial charge in [0.25, 0.3) is 0 Å². The minimum absolute atomic E-state index is 0.211. The zero-order valence-corrected chi connectivity index (χ0v) is 15.0. The minimum Gasteiger partial charge on any atom is -0.506 e. The first-order chi connectivity index (χ1) is 9.00. The number of halogens is 2. The molecule has 0 radical (unpaired) electrons. The van der Waals surface area contributed by atoms with Crippen molar-refractivity contribution in [3.8, 4) is 5.75 Å². The van der Waals surface area contributed by atoms with E-state index in [-0.39, 0.29) is 11.7 Å². The molecule has 0 spiro atoms. The SMILES string of the molecule is N[C@H](c1cc(I)cc(I)c1O)[C@@H](O)C1CCCCC1. The minimum atomic E-state index is -0.569. The Morgan fingerprint density at radius 3 is 2.42 bits per heavy atom. The van der Waals surface area contributed by atoms with Crippen LogP contribution < -0.4 is 5.73 Å². The number of aliphatic hydroxyl groups excluding tert-OH is 1. The van der Waals surface area contributed by atoms with Gasteiger partial charge in [-0.05, 0) is 76.1 Å². The number of phenolic OH excluding ortho intramolecular Hbond substituents is 1. The highest BCUT2D eigenvalue weighted by Gasteiger charge is 2.29. The van der Waals surface area contributed by atoms with Crippen molar-refractivity contribution in [2.24, 2.45) is 11.7 Å². The zero-order valence-electron chi connectivity index (χ0n) is 10.6. The number of aromatic hydroxyl groups is 1. The number of phenols is 1. The summed E-state index contributed by atoms with van der Waals surface area (Å²) in [6.07, 6.45) is 5.10. The van der Waals surface area contributed by atoms with Crippen molar-refractivity contribution in [2.45, 2.75) is 44.2 Å². The first-order valence-electron chi connectivity index (χ1n) is 6.62. The average Bonchev–Trinajstić information content (AvgIpc) is 2.42. The standard InChI is InChI=1S/C14H19I2NO2/c15-9-6-10(14(19)11(16)7-9)12(17)13(18)8-4-2-1-3-5-8/h6-8,12-13,18-19H,1-5,17H2/t12-,13+/m1/s1. The molecule has 1 aliphatic rings. The summed E-state index contributed by atoms with van der Waals surface area (Å²) in [7, 11) is 0. The van der Waals surface area contributed by atoms with Crippen LogP contribution in [0.25, 0.3) is 0 Å². The largest absolute Gasteiger partial charge is 0.506 e. The van der Waals surface area contributed by atoms with Crippen molar-refractivity contribution in [3.63, 3.8) is 0 Å². The Labute approximate surface area is 141 Å². The molecule has 0 bridgehead atoms. The van der Waals surface area contributed by atoms with Crippen molar-refractivity contribution < 1.29 is 10.2 Å². The normalized spacial score (nSPS) is 20.2. The Hall–Kier alpha value is 0.400. The molecule has 3 nitrogen and oxygen atoms in total. The zero-order chi connectivity index (χ0) is 14.0. The number of aliphatic hydroxyl groups is 1. The highest BCUT2D eigenvalue weighted by molar-refractivity contribution is 14.1. The third kappa shape index (κ3) is 3.74. The topological polar surface area (TPSA) is 66.5 Å². The van der Waals surface area contributed by atoms with E-state index in [0.717, 1.165) is 20.0 Å². The van der Waals surface area contributed by atoms with Gasteiger partial charge in [-0.1, -0.05) is 19.3 Å². The second kappa shape index (κ2) is 6.91. The molecule has 4 N–H and O–H groups in total. The van der Waals surface area contributed by atoms with Crippen molar-refractivity contribution >= 4 is 45.2 Å². The summed E-state index contributed by atoms with van der Waals surface area (Å²) < 4.78 is 1.81. The Balaban J connectivity index is 2.20. The Morgan fingerprint density at radius 2 is 1.79 bits per heavy atom. The summed E-state index contributed by atoms with van der Waals surface area (Å²) in [5, 5.41) is 20.6. The van der Waals surface area contributed by atoms with Crippen LogP contribution in [0, 0.1) is 13.1 Å². The molecule has 1 aliphatic carbocycles. The number of nitrogens with two attached hydrogens (primary N) is 1. The van der Waals surface area contributed by atoms with Gasteiger partial charge >= 0.3 is 0 Å². The summed E-state index contributed by atoms with van der Waals surface area (Å²) in [5.74, 6) is 0.474. The van der Waals surface area contributed by atoms with Gasteiger partial charge in [-0.15, -0.1) is 0 Å². The smallest absolute Gasteiger partial charge is 0.133 e. The highest BCUT2D eigenvalue weighted by Crippen LogP contribution is 2.36. The van der Waals surface area contributed by atoms with E-state index < -0.39 is 12.1 Å². The molecule has 1 fully saturated rings. The fraction of sp³-hybridized carbons (Fsp3) is 0.571. The molecule has 2 rings (SSSR count). The summed E-state index contributed by atoms with van der Waals surface area (Å²) in [4.78, 5) is 0. The summed E-state index contributed by atoms with van der Waals surface area (Å²) >= 11 is 4.30. The summed E-state index contributed by atoms with van der Waals surface area (Å²) in [6.45, 7) is 0. The van der Waals surface area contributed by atoms with Crippen molar-refractivity contribution in [2.75, 3.05) is 0 Å². The first-order valence-corrected chi connectivity index (χ1v) is 8.78. The molecule has 0 aliphatic heterocycles. The van der Waals surface area contributed by atoms with E-state index in [2.05, 4.69) is 45.2 Å². The molecule has 19 heavy (non-hydrogen) atoms. The molecule has 0 unspecified atom stereocenters. The molecule has 106 valence electrons. The second-order valence-corrected chi connectivity index (χ2v) is 7.65.